The standard InChI is InChI=1S/C28H29FO11/c1-10-26(38-4)25(35)20(29)27(39-10)40-15-9-28(36,11(2)30)8-13-17(15)24(34)19-18(22(13)32)21(31)12-6-5-7-14(37-3)16(12)23(19)33/h5-7,10,15,20,25-27,32,34-36H,8-9H2,1-4H3/t10-,15-,20+,25-,26+,27-,28-/m0/s1. The number of fused-ring (bicyclic) bond motifs is 3. The van der Waals surface area contributed by atoms with Crippen LogP contribution in [-0.2, 0) is 25.4 Å². The van der Waals surface area contributed by atoms with Crippen LogP contribution in [-0.4, -0.2) is 88.4 Å². The first-order chi connectivity index (χ1) is 18.9. The number of alkyl halides is 1. The number of methoxy groups -OCH3 is 2. The molecule has 3 aliphatic rings. The fraction of sp³-hybridized carbons (Fsp3) is 0.464. The van der Waals surface area contributed by atoms with Crippen LogP contribution in [0.5, 0.6) is 17.2 Å². The number of hydrogen-bond donors (Lipinski definition) is 4. The minimum absolute atomic E-state index is 0.0662. The fourth-order valence-electron chi connectivity index (χ4n) is 5.89. The van der Waals surface area contributed by atoms with E-state index in [1.807, 2.05) is 0 Å². The third kappa shape index (κ3) is 4.01. The van der Waals surface area contributed by atoms with Crippen LogP contribution >= 0.6 is 0 Å². The summed E-state index contributed by atoms with van der Waals surface area (Å²) in [5, 5.41) is 44.4. The van der Waals surface area contributed by atoms with E-state index >= 15 is 4.39 Å². The molecule has 2 aliphatic carbocycles. The van der Waals surface area contributed by atoms with Crippen LogP contribution in [0.1, 0.15) is 69.3 Å². The quantitative estimate of drug-likeness (QED) is 0.335. The van der Waals surface area contributed by atoms with E-state index in [1.54, 1.807) is 0 Å². The van der Waals surface area contributed by atoms with Crippen molar-refractivity contribution in [3.05, 3.63) is 51.6 Å². The van der Waals surface area contributed by atoms with Gasteiger partial charge in [0.2, 0.25) is 5.78 Å². The molecule has 5 rings (SSSR count). The number of phenolic OH excluding ortho intramolecular Hbond substituents is 2. The summed E-state index contributed by atoms with van der Waals surface area (Å²) < 4.78 is 37.0. The van der Waals surface area contributed by atoms with E-state index in [9.17, 15) is 34.8 Å². The van der Waals surface area contributed by atoms with Crippen molar-refractivity contribution >= 4 is 17.3 Å². The molecule has 0 aromatic heterocycles. The van der Waals surface area contributed by atoms with Crippen LogP contribution in [0.25, 0.3) is 0 Å². The van der Waals surface area contributed by atoms with E-state index in [0.29, 0.717) is 0 Å². The van der Waals surface area contributed by atoms with Crippen LogP contribution in [0.3, 0.4) is 0 Å². The van der Waals surface area contributed by atoms with Crippen molar-refractivity contribution in [2.24, 2.45) is 0 Å². The SMILES string of the molecule is COc1cccc2c1C(=O)c1c(O)c3c(c(O)c1C2=O)C[C@@](O)(C(C)=O)C[C@@H]3O[C@@H]1O[C@@H](C)[C@@H](OC)[C@@H](O)[C@H]1F. The fourth-order valence-corrected chi connectivity index (χ4v) is 5.89. The molecule has 12 heteroatoms. The summed E-state index contributed by atoms with van der Waals surface area (Å²) in [7, 11) is 2.59. The monoisotopic (exact) mass is 560 g/mol. The molecule has 40 heavy (non-hydrogen) atoms. The molecule has 0 radical (unpaired) electrons. The zero-order chi connectivity index (χ0) is 29.3. The van der Waals surface area contributed by atoms with E-state index in [-0.39, 0.29) is 28.0 Å². The molecule has 2 aromatic rings. The summed E-state index contributed by atoms with van der Waals surface area (Å²) >= 11 is 0. The van der Waals surface area contributed by atoms with Gasteiger partial charge in [-0.05, 0) is 19.9 Å². The lowest BCUT2D eigenvalue weighted by Gasteiger charge is -2.43. The number of aliphatic hydroxyl groups is 2. The normalized spacial score (nSPS) is 31.3. The van der Waals surface area contributed by atoms with Crippen molar-refractivity contribution in [1.29, 1.82) is 0 Å². The Morgan fingerprint density at radius 3 is 2.40 bits per heavy atom. The van der Waals surface area contributed by atoms with Crippen molar-refractivity contribution in [3.8, 4) is 17.2 Å². The maximum absolute atomic E-state index is 15.2. The number of carbonyl (C=O) groups is 3. The minimum atomic E-state index is -2.14. The highest BCUT2D eigenvalue weighted by atomic mass is 19.1. The van der Waals surface area contributed by atoms with E-state index in [4.69, 9.17) is 18.9 Å². The molecule has 1 aliphatic heterocycles. The highest BCUT2D eigenvalue weighted by Gasteiger charge is 2.51. The average Bonchev–Trinajstić information content (AvgIpc) is 2.91. The van der Waals surface area contributed by atoms with Gasteiger partial charge in [0, 0.05) is 36.6 Å². The maximum Gasteiger partial charge on any atom is 0.202 e. The summed E-state index contributed by atoms with van der Waals surface area (Å²) in [5.41, 5.74) is -3.78. The van der Waals surface area contributed by atoms with Gasteiger partial charge in [-0.2, -0.15) is 0 Å². The van der Waals surface area contributed by atoms with Crippen LogP contribution in [0.4, 0.5) is 4.39 Å². The number of Topliss-reactive ketones (excluding diaryl/α,β-unsaturated/α-hetero) is 1. The molecule has 0 spiro atoms. The predicted octanol–water partition coefficient (Wildman–Crippen LogP) is 1.66. The van der Waals surface area contributed by atoms with Crippen molar-refractivity contribution in [2.75, 3.05) is 14.2 Å². The third-order valence-corrected chi connectivity index (χ3v) is 8.04. The lowest BCUT2D eigenvalue weighted by atomic mass is 9.72. The van der Waals surface area contributed by atoms with E-state index in [1.165, 1.54) is 39.3 Å². The van der Waals surface area contributed by atoms with Gasteiger partial charge >= 0.3 is 0 Å². The van der Waals surface area contributed by atoms with Gasteiger partial charge < -0.3 is 39.4 Å². The largest absolute Gasteiger partial charge is 0.507 e. The lowest BCUT2D eigenvalue weighted by Crippen LogP contribution is -2.57. The average molecular weight is 561 g/mol. The second-order valence-corrected chi connectivity index (χ2v) is 10.3. The Morgan fingerprint density at radius 2 is 1.77 bits per heavy atom. The highest BCUT2D eigenvalue weighted by molar-refractivity contribution is 6.31. The summed E-state index contributed by atoms with van der Waals surface area (Å²) in [6, 6.07) is 4.32. The van der Waals surface area contributed by atoms with Crippen molar-refractivity contribution in [1.82, 2.24) is 0 Å². The van der Waals surface area contributed by atoms with Gasteiger partial charge in [0.1, 0.15) is 35.1 Å². The summed E-state index contributed by atoms with van der Waals surface area (Å²) in [6.45, 7) is 2.63. The molecule has 0 saturated carbocycles. The maximum atomic E-state index is 15.2. The molecule has 1 fully saturated rings. The molecule has 1 saturated heterocycles. The number of carbonyl (C=O) groups excluding carboxylic acids is 3. The van der Waals surface area contributed by atoms with Crippen LogP contribution in [0.15, 0.2) is 18.2 Å². The van der Waals surface area contributed by atoms with Gasteiger partial charge in [-0.3, -0.25) is 14.4 Å². The summed E-state index contributed by atoms with van der Waals surface area (Å²) in [4.78, 5) is 39.7. The zero-order valence-corrected chi connectivity index (χ0v) is 22.1. The van der Waals surface area contributed by atoms with Crippen molar-refractivity contribution in [2.45, 2.75) is 69.2 Å². The molecule has 2 aromatic carbocycles. The second-order valence-electron chi connectivity index (χ2n) is 10.3. The van der Waals surface area contributed by atoms with E-state index in [2.05, 4.69) is 0 Å². The molecular weight excluding hydrogens is 531 g/mol. The van der Waals surface area contributed by atoms with Gasteiger partial charge in [-0.15, -0.1) is 0 Å². The molecule has 0 amide bonds. The van der Waals surface area contributed by atoms with E-state index < -0.39 is 95.3 Å². The first kappa shape index (κ1) is 28.1. The van der Waals surface area contributed by atoms with Crippen molar-refractivity contribution in [3.63, 3.8) is 0 Å². The third-order valence-electron chi connectivity index (χ3n) is 8.04. The van der Waals surface area contributed by atoms with Crippen LogP contribution in [0, 0.1) is 0 Å². The number of phenols is 2. The molecular formula is C28H29FO11. The number of aromatic hydroxyl groups is 2. The molecule has 11 nitrogen and oxygen atoms in total. The van der Waals surface area contributed by atoms with Crippen LogP contribution in [0.2, 0.25) is 0 Å². The van der Waals surface area contributed by atoms with Crippen molar-refractivity contribution < 1.29 is 58.1 Å². The Bertz CT molecular complexity index is 1420. The van der Waals surface area contributed by atoms with Gasteiger partial charge in [-0.1, -0.05) is 12.1 Å². The van der Waals surface area contributed by atoms with E-state index in [0.717, 1.165) is 6.92 Å². The number of halogens is 1. The summed E-state index contributed by atoms with van der Waals surface area (Å²) in [6.07, 6.45) is -9.89. The number of hydrogen-bond acceptors (Lipinski definition) is 11. The Balaban J connectivity index is 1.68. The van der Waals surface area contributed by atoms with Gasteiger partial charge in [-0.25, -0.2) is 4.39 Å². The Morgan fingerprint density at radius 1 is 1.10 bits per heavy atom. The topological polar surface area (TPSA) is 169 Å². The highest BCUT2D eigenvalue weighted by Crippen LogP contribution is 2.52. The molecule has 214 valence electrons. The predicted molar refractivity (Wildman–Crippen MR) is 133 cm³/mol. The zero-order valence-electron chi connectivity index (χ0n) is 22.1. The minimum Gasteiger partial charge on any atom is -0.507 e. The number of rotatable bonds is 5. The van der Waals surface area contributed by atoms with Gasteiger partial charge in [0.15, 0.2) is 24.0 Å². The second kappa shape index (κ2) is 9.89. The number of aliphatic hydroxyl groups excluding tert-OH is 1. The summed E-state index contributed by atoms with van der Waals surface area (Å²) in [5.74, 6) is -3.69. The number of ether oxygens (including phenoxy) is 4. The Hall–Kier alpha value is -3.42. The first-order valence-electron chi connectivity index (χ1n) is 12.6. The molecule has 0 unspecified atom stereocenters. The first-order valence-corrected chi connectivity index (χ1v) is 12.6. The number of benzene rings is 2. The Labute approximate surface area is 228 Å². The van der Waals surface area contributed by atoms with Gasteiger partial charge in [0.05, 0.1) is 36.0 Å². The molecule has 4 N–H and O–H groups in total. The smallest absolute Gasteiger partial charge is 0.202 e. The molecule has 1 heterocycles. The van der Waals surface area contributed by atoms with Gasteiger partial charge in [0.25, 0.3) is 0 Å². The van der Waals surface area contributed by atoms with Crippen LogP contribution < -0.4 is 4.74 Å². The Kier molecular flexibility index (Phi) is 6.95. The molecule has 0 bridgehead atoms. The molecule has 7 atom stereocenters. The lowest BCUT2D eigenvalue weighted by molar-refractivity contribution is -0.297. The number of ketones is 3.